The minimum Gasteiger partial charge on any atom is -0.488 e. The van der Waals surface area contributed by atoms with E-state index in [0.717, 1.165) is 24.0 Å². The van der Waals surface area contributed by atoms with Crippen molar-refractivity contribution >= 4 is 40.7 Å². The molecule has 9 heteroatoms. The summed E-state index contributed by atoms with van der Waals surface area (Å²) in [5.74, 6) is 0.653. The molecule has 2 aromatic rings. The van der Waals surface area contributed by atoms with Gasteiger partial charge in [0.25, 0.3) is 0 Å². The Morgan fingerprint density at radius 3 is 2.65 bits per heavy atom. The number of likely N-dealkylation sites (N-methyl/N-ethyl adjacent to an activating group) is 1. The Balaban J connectivity index is 1.58. The van der Waals surface area contributed by atoms with Gasteiger partial charge in [0, 0.05) is 42.7 Å². The van der Waals surface area contributed by atoms with Gasteiger partial charge in [-0.25, -0.2) is 0 Å². The van der Waals surface area contributed by atoms with Crippen molar-refractivity contribution < 1.29 is 19.4 Å². The molecule has 200 valence electrons. The average Bonchev–Trinajstić information content (AvgIpc) is 3.70. The molecule has 0 bridgehead atoms. The lowest BCUT2D eigenvalue weighted by Crippen LogP contribution is -2.47. The van der Waals surface area contributed by atoms with Crippen LogP contribution in [0.25, 0.3) is 0 Å². The Morgan fingerprint density at radius 1 is 1.22 bits per heavy atom. The normalized spacial score (nSPS) is 20.9. The van der Waals surface area contributed by atoms with Crippen LogP contribution in [0.4, 0.5) is 5.69 Å². The molecule has 0 unspecified atom stereocenters. The third-order valence-corrected chi connectivity index (χ3v) is 7.80. The van der Waals surface area contributed by atoms with Crippen LogP contribution in [0.5, 0.6) is 5.75 Å². The maximum atomic E-state index is 13.3. The Labute approximate surface area is 228 Å². The lowest BCUT2D eigenvalue weighted by atomic mass is 10.0. The third kappa shape index (κ3) is 7.17. The first kappa shape index (κ1) is 27.7. The number of amides is 2. The number of fused-ring (bicyclic) bond motifs is 1. The van der Waals surface area contributed by atoms with E-state index in [9.17, 15) is 14.7 Å². The largest absolute Gasteiger partial charge is 0.488 e. The number of hydrogen-bond acceptors (Lipinski definition) is 5. The Hall–Kier alpha value is -2.32. The monoisotopic (exact) mass is 547 g/mol. The van der Waals surface area contributed by atoms with Gasteiger partial charge in [-0.3, -0.25) is 14.5 Å². The molecule has 1 saturated carbocycles. The van der Waals surface area contributed by atoms with Crippen LogP contribution >= 0.6 is 23.2 Å². The molecule has 7 nitrogen and oxygen atoms in total. The highest BCUT2D eigenvalue weighted by Gasteiger charge is 2.32. The van der Waals surface area contributed by atoms with Crippen molar-refractivity contribution in [3.05, 3.63) is 57.6 Å². The van der Waals surface area contributed by atoms with Crippen LogP contribution in [0.1, 0.15) is 37.8 Å². The molecule has 1 aliphatic carbocycles. The zero-order chi connectivity index (χ0) is 26.7. The number of aliphatic hydroxyl groups is 1. The minimum atomic E-state index is -0.316. The van der Waals surface area contributed by atoms with Crippen molar-refractivity contribution in [2.75, 3.05) is 32.1 Å². The molecule has 1 fully saturated rings. The summed E-state index contributed by atoms with van der Waals surface area (Å²) in [6.07, 6.45) is 1.74. The number of rotatable bonds is 8. The molecule has 1 aliphatic heterocycles. The van der Waals surface area contributed by atoms with E-state index < -0.39 is 0 Å². The maximum Gasteiger partial charge on any atom is 0.227 e. The van der Waals surface area contributed by atoms with E-state index in [1.807, 2.05) is 44.3 Å². The second kappa shape index (κ2) is 12.0. The van der Waals surface area contributed by atoms with Crippen LogP contribution in [0, 0.1) is 11.8 Å². The molecule has 0 aromatic heterocycles. The Morgan fingerprint density at radius 2 is 1.97 bits per heavy atom. The fourth-order valence-corrected chi connectivity index (χ4v) is 4.96. The van der Waals surface area contributed by atoms with Crippen LogP contribution in [0.2, 0.25) is 10.0 Å². The standard InChI is InChI=1S/C28H35Cl2N3O4/c1-17-13-33(18(2)16-34)27(35)12-21-11-22(31-28(36)20-5-6-20)7-9-25(21)37-26(17)15-32(3)14-19-4-8-23(29)24(30)10-19/h4,7-11,17-18,20,26,34H,5-6,12-16H2,1-3H3,(H,31,36)/t17-,18+,26+/m0/s1. The van der Waals surface area contributed by atoms with Gasteiger partial charge in [-0.2, -0.15) is 0 Å². The van der Waals surface area contributed by atoms with Gasteiger partial charge in [0.15, 0.2) is 0 Å². The van der Waals surface area contributed by atoms with Crippen LogP contribution in [-0.2, 0) is 22.6 Å². The Kier molecular flexibility index (Phi) is 9.01. The lowest BCUT2D eigenvalue weighted by Gasteiger charge is -2.34. The number of ether oxygens (including phenoxy) is 1. The molecule has 0 spiro atoms. The first-order valence-electron chi connectivity index (χ1n) is 12.8. The van der Waals surface area contributed by atoms with Crippen molar-refractivity contribution in [2.24, 2.45) is 11.8 Å². The average molecular weight is 549 g/mol. The summed E-state index contributed by atoms with van der Waals surface area (Å²) < 4.78 is 6.57. The van der Waals surface area contributed by atoms with E-state index in [1.54, 1.807) is 11.0 Å². The van der Waals surface area contributed by atoms with Crippen LogP contribution in [-0.4, -0.2) is 65.6 Å². The molecular formula is C28H35Cl2N3O4. The van der Waals surface area contributed by atoms with Crippen LogP contribution in [0.15, 0.2) is 36.4 Å². The fourth-order valence-electron chi connectivity index (χ4n) is 4.64. The summed E-state index contributed by atoms with van der Waals surface area (Å²) in [5.41, 5.74) is 2.42. The molecule has 1 heterocycles. The number of hydrogen-bond donors (Lipinski definition) is 2. The summed E-state index contributed by atoms with van der Waals surface area (Å²) in [5, 5.41) is 13.8. The Bertz CT molecular complexity index is 1140. The molecule has 2 aliphatic rings. The van der Waals surface area contributed by atoms with E-state index in [1.165, 1.54) is 0 Å². The smallest absolute Gasteiger partial charge is 0.227 e. The highest BCUT2D eigenvalue weighted by atomic mass is 35.5. The number of halogens is 2. The number of carbonyl (C=O) groups is 2. The molecular weight excluding hydrogens is 513 g/mol. The van der Waals surface area contributed by atoms with Gasteiger partial charge < -0.3 is 20.1 Å². The van der Waals surface area contributed by atoms with Gasteiger partial charge in [-0.15, -0.1) is 0 Å². The van der Waals surface area contributed by atoms with Crippen molar-refractivity contribution in [3.63, 3.8) is 0 Å². The van der Waals surface area contributed by atoms with Crippen molar-refractivity contribution in [3.8, 4) is 5.75 Å². The van der Waals surface area contributed by atoms with Crippen LogP contribution in [0.3, 0.4) is 0 Å². The molecule has 37 heavy (non-hydrogen) atoms. The lowest BCUT2D eigenvalue weighted by molar-refractivity contribution is -0.134. The van der Waals surface area contributed by atoms with E-state index >= 15 is 0 Å². The molecule has 2 amide bonds. The van der Waals surface area contributed by atoms with Gasteiger partial charge in [0.1, 0.15) is 11.9 Å². The molecule has 2 aromatic carbocycles. The maximum absolute atomic E-state index is 13.3. The van der Waals surface area contributed by atoms with Gasteiger partial charge in [0.05, 0.1) is 29.1 Å². The van der Waals surface area contributed by atoms with E-state index in [0.29, 0.717) is 41.1 Å². The fraction of sp³-hybridized carbons (Fsp3) is 0.500. The molecule has 2 N–H and O–H groups in total. The highest BCUT2D eigenvalue weighted by Crippen LogP contribution is 2.33. The van der Waals surface area contributed by atoms with Gasteiger partial charge >= 0.3 is 0 Å². The minimum absolute atomic E-state index is 0.00518. The highest BCUT2D eigenvalue weighted by molar-refractivity contribution is 6.42. The zero-order valence-corrected chi connectivity index (χ0v) is 23.1. The van der Waals surface area contributed by atoms with Gasteiger partial charge in [0.2, 0.25) is 11.8 Å². The number of aliphatic hydroxyl groups excluding tert-OH is 1. The molecule has 4 rings (SSSR count). The number of nitrogens with zero attached hydrogens (tertiary/aromatic N) is 2. The SMILES string of the molecule is C[C@H](CO)N1C[C@H](C)[C@@H](CN(C)Cc2ccc(Cl)c(Cl)c2)Oc2ccc(NC(=O)C3CC3)cc2CC1=O. The second-order valence-electron chi connectivity index (χ2n) is 10.4. The van der Waals surface area contributed by atoms with Crippen molar-refractivity contribution in [2.45, 2.75) is 51.8 Å². The van der Waals surface area contributed by atoms with E-state index in [-0.39, 0.29) is 48.8 Å². The van der Waals surface area contributed by atoms with E-state index in [2.05, 4.69) is 17.1 Å². The second-order valence-corrected chi connectivity index (χ2v) is 11.2. The van der Waals surface area contributed by atoms with Gasteiger partial charge in [-0.05, 0) is 62.7 Å². The van der Waals surface area contributed by atoms with E-state index in [4.69, 9.17) is 27.9 Å². The number of anilines is 1. The number of nitrogens with one attached hydrogen (secondary N) is 1. The molecule has 0 radical (unpaired) electrons. The summed E-state index contributed by atoms with van der Waals surface area (Å²) in [7, 11) is 2.02. The first-order chi connectivity index (χ1) is 17.6. The predicted octanol–water partition coefficient (Wildman–Crippen LogP) is 4.62. The molecule has 3 atom stereocenters. The van der Waals surface area contributed by atoms with Crippen molar-refractivity contribution in [1.82, 2.24) is 9.80 Å². The number of carbonyl (C=O) groups excluding carboxylic acids is 2. The summed E-state index contributed by atoms with van der Waals surface area (Å²) in [4.78, 5) is 29.6. The number of benzene rings is 2. The summed E-state index contributed by atoms with van der Waals surface area (Å²) in [6.45, 7) is 5.52. The third-order valence-electron chi connectivity index (χ3n) is 7.06. The quantitative estimate of drug-likeness (QED) is 0.503. The molecule has 0 saturated heterocycles. The first-order valence-corrected chi connectivity index (χ1v) is 13.5. The van der Waals surface area contributed by atoms with Gasteiger partial charge in [-0.1, -0.05) is 36.2 Å². The summed E-state index contributed by atoms with van der Waals surface area (Å²) >= 11 is 12.3. The van der Waals surface area contributed by atoms with Crippen molar-refractivity contribution in [1.29, 1.82) is 0 Å². The topological polar surface area (TPSA) is 82.1 Å². The predicted molar refractivity (Wildman–Crippen MR) is 146 cm³/mol. The zero-order valence-electron chi connectivity index (χ0n) is 21.5. The van der Waals surface area contributed by atoms with Crippen LogP contribution < -0.4 is 10.1 Å². The summed E-state index contributed by atoms with van der Waals surface area (Å²) in [6, 6.07) is 10.8.